The summed E-state index contributed by atoms with van der Waals surface area (Å²) < 4.78 is 1.37. The number of hydrogen-bond acceptors (Lipinski definition) is 3. The Morgan fingerprint density at radius 3 is 2.56 bits per heavy atom. The predicted octanol–water partition coefficient (Wildman–Crippen LogP) is 0.947. The second-order valence-electron chi connectivity index (χ2n) is 4.40. The summed E-state index contributed by atoms with van der Waals surface area (Å²) in [5.74, 6) is 5.39. The lowest BCUT2D eigenvalue weighted by Gasteiger charge is -2.08. The van der Waals surface area contributed by atoms with Crippen molar-refractivity contribution >= 4 is 0 Å². The Kier molecular flexibility index (Phi) is 3.51. The minimum Gasteiger partial charge on any atom is -0.378 e. The largest absolute Gasteiger partial charge is 0.378 e. The first-order chi connectivity index (χ1) is 7.29. The number of aliphatic hydroxyl groups is 1. The molecule has 0 atom stereocenters. The molecule has 1 rings (SSSR count). The second kappa shape index (κ2) is 4.50. The molecule has 4 nitrogen and oxygen atoms in total. The number of hydrogen-bond donors (Lipinski definition) is 1. The molecular weight excluding hydrogens is 204 g/mol. The van der Waals surface area contributed by atoms with Crippen LogP contribution in [0.1, 0.15) is 39.4 Å². The monoisotopic (exact) mass is 220 g/mol. The predicted molar refractivity (Wildman–Crippen MR) is 62.1 cm³/mol. The molecule has 1 aromatic heterocycles. The van der Waals surface area contributed by atoms with E-state index in [1.165, 1.54) is 10.7 Å². The zero-order valence-corrected chi connectivity index (χ0v) is 9.98. The molecule has 1 aromatic rings. The van der Waals surface area contributed by atoms with E-state index >= 15 is 0 Å². The maximum atomic E-state index is 11.4. The van der Waals surface area contributed by atoms with Crippen molar-refractivity contribution in [2.24, 2.45) is 0 Å². The minimum atomic E-state index is -1.06. The molecule has 0 aliphatic heterocycles. The van der Waals surface area contributed by atoms with Crippen molar-refractivity contribution in [2.75, 3.05) is 0 Å². The average Bonchev–Trinajstić information content (AvgIpc) is 2.14. The summed E-state index contributed by atoms with van der Waals surface area (Å²) in [7, 11) is 0. The molecule has 0 aromatic carbocycles. The van der Waals surface area contributed by atoms with E-state index in [4.69, 9.17) is 0 Å². The van der Waals surface area contributed by atoms with Gasteiger partial charge in [0.1, 0.15) is 11.3 Å². The SMILES string of the molecule is CC(C)n1nc(C#CC(C)(C)O)ccc1=O. The summed E-state index contributed by atoms with van der Waals surface area (Å²) in [5.41, 5.74) is -0.722. The van der Waals surface area contributed by atoms with Crippen LogP contribution in [0.3, 0.4) is 0 Å². The molecule has 1 N–H and O–H groups in total. The lowest BCUT2D eigenvalue weighted by molar-refractivity contribution is 0.143. The Morgan fingerprint density at radius 1 is 1.44 bits per heavy atom. The van der Waals surface area contributed by atoms with Crippen molar-refractivity contribution in [3.63, 3.8) is 0 Å². The normalized spacial score (nSPS) is 11.1. The smallest absolute Gasteiger partial charge is 0.267 e. The van der Waals surface area contributed by atoms with Crippen molar-refractivity contribution in [1.29, 1.82) is 0 Å². The highest BCUT2D eigenvalue weighted by atomic mass is 16.3. The van der Waals surface area contributed by atoms with E-state index in [2.05, 4.69) is 16.9 Å². The third kappa shape index (κ3) is 3.52. The molecule has 0 spiro atoms. The maximum Gasteiger partial charge on any atom is 0.267 e. The van der Waals surface area contributed by atoms with Crippen molar-refractivity contribution in [3.8, 4) is 11.8 Å². The summed E-state index contributed by atoms with van der Waals surface area (Å²) in [5, 5.41) is 13.5. The van der Waals surface area contributed by atoms with E-state index in [0.717, 1.165) is 0 Å². The van der Waals surface area contributed by atoms with Gasteiger partial charge in [-0.3, -0.25) is 4.79 Å². The van der Waals surface area contributed by atoms with Crippen LogP contribution in [0.25, 0.3) is 0 Å². The molecule has 0 unspecified atom stereocenters. The fourth-order valence-corrected chi connectivity index (χ4v) is 1.08. The van der Waals surface area contributed by atoms with Gasteiger partial charge >= 0.3 is 0 Å². The summed E-state index contributed by atoms with van der Waals surface area (Å²) >= 11 is 0. The molecule has 0 aliphatic carbocycles. The topological polar surface area (TPSA) is 55.1 Å². The zero-order valence-electron chi connectivity index (χ0n) is 9.98. The molecule has 86 valence electrons. The molecule has 16 heavy (non-hydrogen) atoms. The van der Waals surface area contributed by atoms with Gasteiger partial charge in [0.25, 0.3) is 5.56 Å². The van der Waals surface area contributed by atoms with Crippen LogP contribution in [0, 0.1) is 11.8 Å². The van der Waals surface area contributed by atoms with Crippen molar-refractivity contribution < 1.29 is 5.11 Å². The Balaban J connectivity index is 3.13. The summed E-state index contributed by atoms with van der Waals surface area (Å²) in [6.07, 6.45) is 0. The van der Waals surface area contributed by atoms with Gasteiger partial charge in [0, 0.05) is 6.07 Å². The molecule has 4 heteroatoms. The third-order valence-corrected chi connectivity index (χ3v) is 1.81. The van der Waals surface area contributed by atoms with Crippen LogP contribution < -0.4 is 5.56 Å². The fraction of sp³-hybridized carbons (Fsp3) is 0.500. The van der Waals surface area contributed by atoms with E-state index in [9.17, 15) is 9.90 Å². The molecule has 0 saturated heterocycles. The van der Waals surface area contributed by atoms with Gasteiger partial charge < -0.3 is 5.11 Å². The van der Waals surface area contributed by atoms with Crippen molar-refractivity contribution in [1.82, 2.24) is 9.78 Å². The Morgan fingerprint density at radius 2 is 2.06 bits per heavy atom. The van der Waals surface area contributed by atoms with E-state index in [1.807, 2.05) is 13.8 Å². The van der Waals surface area contributed by atoms with Crippen molar-refractivity contribution in [2.45, 2.75) is 39.3 Å². The highest BCUT2D eigenvalue weighted by Crippen LogP contribution is 2.00. The van der Waals surface area contributed by atoms with Crippen LogP contribution in [0.2, 0.25) is 0 Å². The van der Waals surface area contributed by atoms with Crippen LogP contribution in [0.5, 0.6) is 0 Å². The average molecular weight is 220 g/mol. The zero-order chi connectivity index (χ0) is 12.3. The van der Waals surface area contributed by atoms with Gasteiger partial charge in [0.2, 0.25) is 0 Å². The summed E-state index contributed by atoms with van der Waals surface area (Å²) in [6, 6.07) is 2.98. The van der Waals surface area contributed by atoms with E-state index < -0.39 is 5.60 Å². The summed E-state index contributed by atoms with van der Waals surface area (Å²) in [4.78, 5) is 11.4. The fourth-order valence-electron chi connectivity index (χ4n) is 1.08. The first-order valence-corrected chi connectivity index (χ1v) is 5.15. The lowest BCUT2D eigenvalue weighted by atomic mass is 10.1. The second-order valence-corrected chi connectivity index (χ2v) is 4.40. The van der Waals surface area contributed by atoms with Gasteiger partial charge in [-0.15, -0.1) is 0 Å². The Bertz CT molecular complexity index is 484. The Labute approximate surface area is 94.9 Å². The van der Waals surface area contributed by atoms with Crippen molar-refractivity contribution in [3.05, 3.63) is 28.2 Å². The lowest BCUT2D eigenvalue weighted by Crippen LogP contribution is -2.24. The van der Waals surface area contributed by atoms with Gasteiger partial charge in [0.05, 0.1) is 6.04 Å². The maximum absolute atomic E-state index is 11.4. The van der Waals surface area contributed by atoms with Gasteiger partial charge in [-0.25, -0.2) is 4.68 Å². The first kappa shape index (κ1) is 12.5. The number of rotatable bonds is 1. The molecule has 0 amide bonds. The van der Waals surface area contributed by atoms with Crippen LogP contribution in [-0.4, -0.2) is 20.5 Å². The Hall–Kier alpha value is -1.60. The van der Waals surface area contributed by atoms with E-state index in [-0.39, 0.29) is 11.6 Å². The standard InChI is InChI=1S/C12H16N2O2/c1-9(2)14-11(15)6-5-10(13-14)7-8-12(3,4)16/h5-6,9,16H,1-4H3. The first-order valence-electron chi connectivity index (χ1n) is 5.15. The van der Waals surface area contributed by atoms with Crippen LogP contribution in [0.4, 0.5) is 0 Å². The number of aromatic nitrogens is 2. The van der Waals surface area contributed by atoms with Crippen LogP contribution in [-0.2, 0) is 0 Å². The molecular formula is C12H16N2O2. The van der Waals surface area contributed by atoms with Gasteiger partial charge in [0.15, 0.2) is 0 Å². The van der Waals surface area contributed by atoms with E-state index in [1.54, 1.807) is 19.9 Å². The molecule has 0 bridgehead atoms. The van der Waals surface area contributed by atoms with Crippen LogP contribution >= 0.6 is 0 Å². The van der Waals surface area contributed by atoms with Gasteiger partial charge in [-0.1, -0.05) is 5.92 Å². The quantitative estimate of drug-likeness (QED) is 0.717. The van der Waals surface area contributed by atoms with E-state index in [0.29, 0.717) is 5.69 Å². The highest BCUT2D eigenvalue weighted by molar-refractivity contribution is 5.28. The molecule has 0 aliphatic rings. The minimum absolute atomic E-state index is 0.00335. The number of nitrogens with zero attached hydrogens (tertiary/aromatic N) is 2. The molecule has 1 heterocycles. The van der Waals surface area contributed by atoms with Crippen LogP contribution in [0.15, 0.2) is 16.9 Å². The third-order valence-electron chi connectivity index (χ3n) is 1.81. The molecule has 0 fully saturated rings. The molecule has 0 saturated carbocycles. The van der Waals surface area contributed by atoms with Gasteiger partial charge in [-0.05, 0) is 39.7 Å². The molecule has 0 radical (unpaired) electrons. The highest BCUT2D eigenvalue weighted by Gasteiger charge is 2.07. The summed E-state index contributed by atoms with van der Waals surface area (Å²) in [6.45, 7) is 6.94. The van der Waals surface area contributed by atoms with Gasteiger partial charge in [-0.2, -0.15) is 5.10 Å².